The van der Waals surface area contributed by atoms with Crippen LogP contribution in [0, 0.1) is 11.6 Å². The van der Waals surface area contributed by atoms with Crippen molar-refractivity contribution in [2.75, 3.05) is 7.11 Å². The molecule has 0 aliphatic heterocycles. The van der Waals surface area contributed by atoms with E-state index < -0.39 is 17.2 Å². The van der Waals surface area contributed by atoms with Crippen molar-refractivity contribution < 1.29 is 13.5 Å². The van der Waals surface area contributed by atoms with Crippen LogP contribution < -0.4 is 10.5 Å². The molecule has 0 amide bonds. The van der Waals surface area contributed by atoms with E-state index in [1.54, 1.807) is 6.07 Å². The van der Waals surface area contributed by atoms with Crippen molar-refractivity contribution in [3.8, 4) is 5.75 Å². The number of methoxy groups -OCH3 is 1. The normalized spacial score (nSPS) is 19.1. The van der Waals surface area contributed by atoms with Crippen molar-refractivity contribution in [3.63, 3.8) is 0 Å². The fourth-order valence-electron chi connectivity index (χ4n) is 2.53. The van der Waals surface area contributed by atoms with Crippen LogP contribution in [0.3, 0.4) is 0 Å². The predicted molar refractivity (Wildman–Crippen MR) is 61.9 cm³/mol. The molecule has 4 heteroatoms. The Balaban J connectivity index is 2.42. The van der Waals surface area contributed by atoms with Gasteiger partial charge in [-0.1, -0.05) is 25.3 Å². The van der Waals surface area contributed by atoms with Crippen molar-refractivity contribution in [3.05, 3.63) is 29.3 Å². The topological polar surface area (TPSA) is 35.2 Å². The van der Waals surface area contributed by atoms with Crippen molar-refractivity contribution in [2.24, 2.45) is 5.73 Å². The molecule has 1 aromatic carbocycles. The molecule has 94 valence electrons. The minimum atomic E-state index is -0.944. The molecule has 17 heavy (non-hydrogen) atoms. The number of hydrogen-bond acceptors (Lipinski definition) is 2. The fourth-order valence-corrected chi connectivity index (χ4v) is 2.53. The minimum absolute atomic E-state index is 0.0781. The number of benzene rings is 1. The maximum atomic E-state index is 13.9. The van der Waals surface area contributed by atoms with E-state index in [0.717, 1.165) is 19.3 Å². The first kappa shape index (κ1) is 12.3. The molecular formula is C13H17F2NO. The van der Waals surface area contributed by atoms with Gasteiger partial charge in [0.05, 0.1) is 7.11 Å². The van der Waals surface area contributed by atoms with Gasteiger partial charge in [-0.2, -0.15) is 4.39 Å². The quantitative estimate of drug-likeness (QED) is 0.863. The number of ether oxygens (including phenoxy) is 1. The molecular weight excluding hydrogens is 224 g/mol. The zero-order valence-corrected chi connectivity index (χ0v) is 9.93. The van der Waals surface area contributed by atoms with Crippen LogP contribution in [0.2, 0.25) is 0 Å². The van der Waals surface area contributed by atoms with Gasteiger partial charge in [0.2, 0.25) is 5.82 Å². The minimum Gasteiger partial charge on any atom is -0.494 e. The summed E-state index contributed by atoms with van der Waals surface area (Å²) < 4.78 is 32.3. The summed E-state index contributed by atoms with van der Waals surface area (Å²) in [6, 6.07) is 2.99. The molecule has 1 aliphatic rings. The molecule has 2 nitrogen and oxygen atoms in total. The Morgan fingerprint density at radius 2 is 1.76 bits per heavy atom. The van der Waals surface area contributed by atoms with Crippen LogP contribution in [0.4, 0.5) is 8.78 Å². The number of rotatable bonds is 2. The molecule has 2 rings (SSSR count). The van der Waals surface area contributed by atoms with Gasteiger partial charge in [-0.15, -0.1) is 0 Å². The van der Waals surface area contributed by atoms with Crippen molar-refractivity contribution in [2.45, 2.75) is 37.6 Å². The second-order valence-electron chi connectivity index (χ2n) is 4.66. The van der Waals surface area contributed by atoms with E-state index in [-0.39, 0.29) is 11.3 Å². The van der Waals surface area contributed by atoms with E-state index in [1.165, 1.54) is 13.2 Å². The maximum Gasteiger partial charge on any atom is 0.200 e. The first-order valence-corrected chi connectivity index (χ1v) is 5.90. The second-order valence-corrected chi connectivity index (χ2v) is 4.66. The average molecular weight is 241 g/mol. The standard InChI is InChI=1S/C13H17F2NO/c1-17-10-6-5-9(11(14)12(10)15)13(16)7-3-2-4-8-13/h5-6H,2-4,7-8,16H2,1H3. The van der Waals surface area contributed by atoms with Gasteiger partial charge in [-0.05, 0) is 18.9 Å². The van der Waals surface area contributed by atoms with Crippen LogP contribution in [-0.4, -0.2) is 7.11 Å². The highest BCUT2D eigenvalue weighted by Gasteiger charge is 2.33. The summed E-state index contributed by atoms with van der Waals surface area (Å²) in [5, 5.41) is 0. The summed E-state index contributed by atoms with van der Waals surface area (Å²) in [6.07, 6.45) is 4.44. The smallest absolute Gasteiger partial charge is 0.200 e. The average Bonchev–Trinajstić information content (AvgIpc) is 2.33. The van der Waals surface area contributed by atoms with Crippen molar-refractivity contribution in [1.82, 2.24) is 0 Å². The molecule has 0 bridgehead atoms. The van der Waals surface area contributed by atoms with Crippen LogP contribution in [0.5, 0.6) is 5.75 Å². The Morgan fingerprint density at radius 3 is 2.35 bits per heavy atom. The van der Waals surface area contributed by atoms with E-state index >= 15 is 0 Å². The van der Waals surface area contributed by atoms with Crippen LogP contribution in [0.25, 0.3) is 0 Å². The van der Waals surface area contributed by atoms with Gasteiger partial charge in [0.25, 0.3) is 0 Å². The Morgan fingerprint density at radius 1 is 1.12 bits per heavy atom. The summed E-state index contributed by atoms with van der Waals surface area (Å²) >= 11 is 0. The molecule has 0 spiro atoms. The molecule has 0 aromatic heterocycles. The summed E-state index contributed by atoms with van der Waals surface area (Å²) in [6.45, 7) is 0. The SMILES string of the molecule is COc1ccc(C2(N)CCCCC2)c(F)c1F. The maximum absolute atomic E-state index is 13.9. The molecule has 1 fully saturated rings. The zero-order valence-electron chi connectivity index (χ0n) is 9.93. The van der Waals surface area contributed by atoms with E-state index in [0.29, 0.717) is 12.8 Å². The lowest BCUT2D eigenvalue weighted by atomic mass is 9.77. The van der Waals surface area contributed by atoms with E-state index in [4.69, 9.17) is 10.5 Å². The third-order valence-electron chi connectivity index (χ3n) is 3.55. The zero-order chi connectivity index (χ0) is 12.5. The van der Waals surface area contributed by atoms with Crippen molar-refractivity contribution >= 4 is 0 Å². The van der Waals surface area contributed by atoms with Crippen LogP contribution in [-0.2, 0) is 5.54 Å². The molecule has 0 heterocycles. The molecule has 0 unspecified atom stereocenters. The Labute approximate surface area is 99.8 Å². The largest absolute Gasteiger partial charge is 0.494 e. The Bertz CT molecular complexity index is 414. The summed E-state index contributed by atoms with van der Waals surface area (Å²) in [4.78, 5) is 0. The monoisotopic (exact) mass is 241 g/mol. The number of hydrogen-bond donors (Lipinski definition) is 1. The molecule has 0 saturated heterocycles. The summed E-state index contributed by atoms with van der Waals surface area (Å²) in [7, 11) is 1.32. The molecule has 0 atom stereocenters. The highest BCUT2D eigenvalue weighted by Crippen LogP contribution is 2.37. The first-order chi connectivity index (χ1) is 8.08. The molecule has 1 aliphatic carbocycles. The second kappa shape index (κ2) is 4.61. The van der Waals surface area contributed by atoms with E-state index in [2.05, 4.69) is 0 Å². The molecule has 1 aromatic rings. The lowest BCUT2D eigenvalue weighted by Gasteiger charge is -2.34. The van der Waals surface area contributed by atoms with Crippen molar-refractivity contribution in [1.29, 1.82) is 0 Å². The molecule has 0 radical (unpaired) electrons. The van der Waals surface area contributed by atoms with Gasteiger partial charge in [-0.3, -0.25) is 0 Å². The lowest BCUT2D eigenvalue weighted by Crippen LogP contribution is -2.39. The van der Waals surface area contributed by atoms with Crippen LogP contribution in [0.1, 0.15) is 37.7 Å². The number of halogens is 2. The Kier molecular flexibility index (Phi) is 3.33. The highest BCUT2D eigenvalue weighted by molar-refractivity contribution is 5.35. The van der Waals surface area contributed by atoms with E-state index in [1.807, 2.05) is 0 Å². The van der Waals surface area contributed by atoms with E-state index in [9.17, 15) is 8.78 Å². The highest BCUT2D eigenvalue weighted by atomic mass is 19.2. The van der Waals surface area contributed by atoms with Gasteiger partial charge in [-0.25, -0.2) is 4.39 Å². The summed E-state index contributed by atoms with van der Waals surface area (Å²) in [5.41, 5.74) is 5.74. The fraction of sp³-hybridized carbons (Fsp3) is 0.538. The van der Waals surface area contributed by atoms with Gasteiger partial charge >= 0.3 is 0 Å². The third kappa shape index (κ3) is 2.14. The van der Waals surface area contributed by atoms with Gasteiger partial charge < -0.3 is 10.5 Å². The Hall–Kier alpha value is -1.16. The molecule has 2 N–H and O–H groups in total. The third-order valence-corrected chi connectivity index (χ3v) is 3.55. The number of nitrogens with two attached hydrogens (primary N) is 1. The summed E-state index contributed by atoms with van der Waals surface area (Å²) in [5.74, 6) is -1.89. The van der Waals surface area contributed by atoms with Crippen LogP contribution >= 0.6 is 0 Å². The van der Waals surface area contributed by atoms with Gasteiger partial charge in [0.15, 0.2) is 11.6 Å². The first-order valence-electron chi connectivity index (χ1n) is 5.90. The lowest BCUT2D eigenvalue weighted by molar-refractivity contribution is 0.286. The van der Waals surface area contributed by atoms with Gasteiger partial charge in [0.1, 0.15) is 0 Å². The van der Waals surface area contributed by atoms with Gasteiger partial charge in [0, 0.05) is 11.1 Å². The predicted octanol–water partition coefficient (Wildman–Crippen LogP) is 3.09. The van der Waals surface area contributed by atoms with Crippen LogP contribution in [0.15, 0.2) is 12.1 Å². The molecule has 1 saturated carbocycles.